The van der Waals surface area contributed by atoms with E-state index >= 15 is 0 Å². The van der Waals surface area contributed by atoms with Crippen LogP contribution in [0.1, 0.15) is 45.3 Å². The number of carbonyl (C=O) groups is 2. The largest absolute Gasteiger partial charge is 0.497 e. The van der Waals surface area contributed by atoms with Crippen LogP contribution in [0.15, 0.2) is 115 Å². The van der Waals surface area contributed by atoms with Gasteiger partial charge in [-0.25, -0.2) is 4.79 Å². The van der Waals surface area contributed by atoms with Crippen molar-refractivity contribution < 1.29 is 33.3 Å². The summed E-state index contributed by atoms with van der Waals surface area (Å²) < 4.78 is 28.4. The zero-order valence-corrected chi connectivity index (χ0v) is 29.7. The Kier molecular flexibility index (Phi) is 12.1. The molecule has 2 amide bonds. The van der Waals surface area contributed by atoms with Crippen molar-refractivity contribution in [1.29, 1.82) is 0 Å². The molecule has 0 spiro atoms. The first-order valence-corrected chi connectivity index (χ1v) is 17.4. The molecule has 268 valence electrons. The molecule has 52 heavy (non-hydrogen) atoms. The summed E-state index contributed by atoms with van der Waals surface area (Å²) in [6, 6.07) is 36.8. The fourth-order valence-corrected chi connectivity index (χ4v) is 6.42. The number of benzene rings is 5. The lowest BCUT2D eigenvalue weighted by molar-refractivity contribution is -0.123. The molecule has 0 fully saturated rings. The van der Waals surface area contributed by atoms with Crippen molar-refractivity contribution in [3.8, 4) is 28.4 Å². The van der Waals surface area contributed by atoms with E-state index in [-0.39, 0.29) is 25.0 Å². The van der Waals surface area contributed by atoms with Crippen molar-refractivity contribution in [2.24, 2.45) is 0 Å². The van der Waals surface area contributed by atoms with Crippen molar-refractivity contribution in [2.45, 2.75) is 25.3 Å². The number of amides is 2. The summed E-state index contributed by atoms with van der Waals surface area (Å²) >= 11 is 0. The van der Waals surface area contributed by atoms with Gasteiger partial charge in [-0.05, 0) is 71.0 Å². The SMILES string of the molecule is COc1ccc(C(NC(=O)OCC2c3ccccc3-c3ccccc32)c2ccc(OCC(=O)NCCOCCc3ccc(C)cc3)cc2)c(OC)c1. The molecule has 9 heteroatoms. The molecule has 9 nitrogen and oxygen atoms in total. The van der Waals surface area contributed by atoms with E-state index in [1.165, 1.54) is 11.1 Å². The smallest absolute Gasteiger partial charge is 0.407 e. The highest BCUT2D eigenvalue weighted by Gasteiger charge is 2.30. The van der Waals surface area contributed by atoms with Gasteiger partial charge in [-0.1, -0.05) is 90.5 Å². The quantitative estimate of drug-likeness (QED) is 0.104. The summed E-state index contributed by atoms with van der Waals surface area (Å²) in [4.78, 5) is 25.9. The van der Waals surface area contributed by atoms with Gasteiger partial charge in [-0.15, -0.1) is 0 Å². The van der Waals surface area contributed by atoms with Gasteiger partial charge in [0, 0.05) is 24.1 Å². The highest BCUT2D eigenvalue weighted by molar-refractivity contribution is 5.79. The van der Waals surface area contributed by atoms with Gasteiger partial charge in [-0.3, -0.25) is 4.79 Å². The Morgan fingerprint density at radius 3 is 2.10 bits per heavy atom. The molecular formula is C43H44N2O7. The molecule has 1 atom stereocenters. The fraction of sp³-hybridized carbons (Fsp3) is 0.256. The predicted octanol–water partition coefficient (Wildman–Crippen LogP) is 7.39. The van der Waals surface area contributed by atoms with Crippen molar-refractivity contribution in [1.82, 2.24) is 10.6 Å². The first-order valence-electron chi connectivity index (χ1n) is 17.4. The van der Waals surface area contributed by atoms with Gasteiger partial charge in [0.2, 0.25) is 0 Å². The molecule has 1 aliphatic rings. The molecule has 5 aromatic carbocycles. The first-order chi connectivity index (χ1) is 25.4. The van der Waals surface area contributed by atoms with Crippen LogP contribution in [0.5, 0.6) is 17.2 Å². The van der Waals surface area contributed by atoms with Gasteiger partial charge in [0.05, 0.1) is 33.5 Å². The van der Waals surface area contributed by atoms with Crippen LogP contribution >= 0.6 is 0 Å². The first kappa shape index (κ1) is 36.0. The fourth-order valence-electron chi connectivity index (χ4n) is 6.42. The number of alkyl carbamates (subject to hydrolysis) is 1. The predicted molar refractivity (Wildman–Crippen MR) is 200 cm³/mol. The molecule has 0 aromatic heterocycles. The molecule has 0 saturated heterocycles. The number of fused-ring (bicyclic) bond motifs is 3. The Hall–Kier alpha value is -5.80. The molecule has 0 aliphatic heterocycles. The Labute approximate surface area is 304 Å². The lowest BCUT2D eigenvalue weighted by Gasteiger charge is -2.23. The molecule has 6 rings (SSSR count). The van der Waals surface area contributed by atoms with Gasteiger partial charge in [0.15, 0.2) is 6.61 Å². The van der Waals surface area contributed by atoms with Crippen LogP contribution in [0.4, 0.5) is 4.79 Å². The summed E-state index contributed by atoms with van der Waals surface area (Å²) in [6.45, 7) is 3.49. The number of methoxy groups -OCH3 is 2. The number of hydrogen-bond acceptors (Lipinski definition) is 7. The highest BCUT2D eigenvalue weighted by atomic mass is 16.5. The van der Waals surface area contributed by atoms with E-state index in [0.29, 0.717) is 42.6 Å². The highest BCUT2D eigenvalue weighted by Crippen LogP contribution is 2.44. The summed E-state index contributed by atoms with van der Waals surface area (Å²) in [7, 11) is 3.16. The maximum Gasteiger partial charge on any atom is 0.407 e. The van der Waals surface area contributed by atoms with Crippen molar-refractivity contribution in [2.75, 3.05) is 47.2 Å². The lowest BCUT2D eigenvalue weighted by atomic mass is 9.97. The topological polar surface area (TPSA) is 104 Å². The van der Waals surface area contributed by atoms with Gasteiger partial charge in [0.25, 0.3) is 5.91 Å². The van der Waals surface area contributed by atoms with E-state index in [0.717, 1.165) is 34.2 Å². The second-order valence-corrected chi connectivity index (χ2v) is 12.6. The summed E-state index contributed by atoms with van der Waals surface area (Å²) in [5.74, 6) is 1.35. The molecular weight excluding hydrogens is 656 g/mol. The van der Waals surface area contributed by atoms with Gasteiger partial charge < -0.3 is 34.3 Å². The molecule has 1 unspecified atom stereocenters. The minimum absolute atomic E-state index is 0.0719. The van der Waals surface area contributed by atoms with E-state index in [1.807, 2.05) is 48.5 Å². The molecule has 1 aliphatic carbocycles. The second kappa shape index (κ2) is 17.4. The Morgan fingerprint density at radius 2 is 1.42 bits per heavy atom. The maximum atomic E-state index is 13.5. The summed E-state index contributed by atoms with van der Waals surface area (Å²) in [5, 5.41) is 5.88. The van der Waals surface area contributed by atoms with Crippen LogP contribution in [-0.4, -0.2) is 59.2 Å². The van der Waals surface area contributed by atoms with E-state index in [4.69, 9.17) is 23.7 Å². The van der Waals surface area contributed by atoms with Crippen LogP contribution in [0.2, 0.25) is 0 Å². The van der Waals surface area contributed by atoms with Gasteiger partial charge >= 0.3 is 6.09 Å². The zero-order chi connectivity index (χ0) is 36.3. The third kappa shape index (κ3) is 8.91. The molecule has 5 aromatic rings. The summed E-state index contributed by atoms with van der Waals surface area (Å²) in [6.07, 6.45) is 0.251. The Balaban J connectivity index is 1.05. The normalized spacial score (nSPS) is 12.3. The van der Waals surface area contributed by atoms with Crippen LogP contribution in [0.3, 0.4) is 0 Å². The van der Waals surface area contributed by atoms with E-state index in [2.05, 4.69) is 66.1 Å². The van der Waals surface area contributed by atoms with E-state index < -0.39 is 12.1 Å². The molecule has 0 radical (unpaired) electrons. The van der Waals surface area contributed by atoms with Crippen LogP contribution in [-0.2, 0) is 20.7 Å². The monoisotopic (exact) mass is 700 g/mol. The third-order valence-electron chi connectivity index (χ3n) is 9.17. The van der Waals surface area contributed by atoms with E-state index in [9.17, 15) is 9.59 Å². The number of carbonyl (C=O) groups excluding carboxylic acids is 2. The van der Waals surface area contributed by atoms with Crippen LogP contribution < -0.4 is 24.8 Å². The van der Waals surface area contributed by atoms with Crippen molar-refractivity contribution in [3.05, 3.63) is 149 Å². The average Bonchev–Trinajstić information content (AvgIpc) is 3.50. The molecule has 0 bridgehead atoms. The molecule has 0 saturated carbocycles. The lowest BCUT2D eigenvalue weighted by Crippen LogP contribution is -2.32. The van der Waals surface area contributed by atoms with Gasteiger partial charge in [0.1, 0.15) is 23.9 Å². The molecule has 2 N–H and O–H groups in total. The number of aryl methyl sites for hydroxylation is 1. The van der Waals surface area contributed by atoms with Crippen molar-refractivity contribution >= 4 is 12.0 Å². The Morgan fingerprint density at radius 1 is 0.750 bits per heavy atom. The molecule has 0 heterocycles. The minimum Gasteiger partial charge on any atom is -0.497 e. The van der Waals surface area contributed by atoms with Crippen LogP contribution in [0.25, 0.3) is 11.1 Å². The van der Waals surface area contributed by atoms with Gasteiger partial charge in [-0.2, -0.15) is 0 Å². The maximum absolute atomic E-state index is 13.5. The second-order valence-electron chi connectivity index (χ2n) is 12.6. The Bertz CT molecular complexity index is 1910. The van der Waals surface area contributed by atoms with E-state index in [1.54, 1.807) is 32.4 Å². The summed E-state index contributed by atoms with van der Waals surface area (Å²) in [5.41, 5.74) is 8.51. The average molecular weight is 701 g/mol. The third-order valence-corrected chi connectivity index (χ3v) is 9.17. The zero-order valence-electron chi connectivity index (χ0n) is 29.7. The standard InChI is InChI=1S/C43H44N2O7/c1-29-12-14-30(15-13-29)22-24-50-25-23-44-41(46)28-51-32-18-16-31(17-19-32)42(38-21-20-33(48-2)26-40(38)49-3)45-43(47)52-27-39-36-10-6-4-8-34(36)35-9-5-7-11-37(35)39/h4-21,26,39,42H,22-25,27-28H2,1-3H3,(H,44,46)(H,45,47). The van der Waals surface area contributed by atoms with Crippen LogP contribution in [0, 0.1) is 6.92 Å². The number of ether oxygens (including phenoxy) is 5. The number of rotatable bonds is 16. The number of hydrogen-bond donors (Lipinski definition) is 2. The minimum atomic E-state index is -0.625. The number of nitrogens with one attached hydrogen (secondary N) is 2. The van der Waals surface area contributed by atoms with Crippen molar-refractivity contribution in [3.63, 3.8) is 0 Å².